The van der Waals surface area contributed by atoms with Crippen LogP contribution in [0.4, 0.5) is 0 Å². The molecule has 17 heavy (non-hydrogen) atoms. The average molecular weight is 227 g/mol. The lowest BCUT2D eigenvalue weighted by atomic mass is 10.1. The summed E-state index contributed by atoms with van der Waals surface area (Å²) in [5.74, 6) is 0.779. The highest BCUT2D eigenvalue weighted by atomic mass is 15.3. The second-order valence-corrected chi connectivity index (χ2v) is 3.75. The Morgan fingerprint density at radius 1 is 1.29 bits per heavy atom. The molecule has 0 atom stereocenters. The van der Waals surface area contributed by atoms with Gasteiger partial charge in [0.2, 0.25) is 0 Å². The van der Waals surface area contributed by atoms with Gasteiger partial charge < -0.3 is 5.32 Å². The first-order valence-electron chi connectivity index (χ1n) is 5.32. The molecule has 2 aromatic rings. The van der Waals surface area contributed by atoms with Crippen LogP contribution in [-0.4, -0.2) is 14.8 Å². The highest BCUT2D eigenvalue weighted by Crippen LogP contribution is 2.03. The molecule has 0 aliphatic heterocycles. The van der Waals surface area contributed by atoms with Crippen molar-refractivity contribution < 1.29 is 0 Å². The van der Waals surface area contributed by atoms with E-state index in [0.29, 0.717) is 12.1 Å². The Kier molecular flexibility index (Phi) is 3.48. The van der Waals surface area contributed by atoms with Gasteiger partial charge in [0.05, 0.1) is 18.2 Å². The summed E-state index contributed by atoms with van der Waals surface area (Å²) in [6.07, 6.45) is 1.68. The molecule has 1 aromatic heterocycles. The molecule has 0 fully saturated rings. The first-order chi connectivity index (χ1) is 8.28. The number of nitrogens with zero attached hydrogens (tertiary/aromatic N) is 4. The molecule has 0 saturated heterocycles. The first kappa shape index (κ1) is 11.3. The number of aryl methyl sites for hydroxylation is 1. The molecule has 1 heterocycles. The Morgan fingerprint density at radius 3 is 2.65 bits per heavy atom. The number of rotatable bonds is 4. The smallest absolute Gasteiger partial charge is 0.164 e. The van der Waals surface area contributed by atoms with Gasteiger partial charge in [0.1, 0.15) is 6.33 Å². The summed E-state index contributed by atoms with van der Waals surface area (Å²) in [4.78, 5) is 4.12. The van der Waals surface area contributed by atoms with Crippen LogP contribution in [-0.2, 0) is 20.1 Å². The zero-order valence-corrected chi connectivity index (χ0v) is 9.59. The fourth-order valence-electron chi connectivity index (χ4n) is 1.48. The van der Waals surface area contributed by atoms with Crippen molar-refractivity contribution >= 4 is 0 Å². The van der Waals surface area contributed by atoms with E-state index in [-0.39, 0.29) is 0 Å². The third-order valence-corrected chi connectivity index (χ3v) is 2.34. The Labute approximate surface area is 99.7 Å². The average Bonchev–Trinajstić information content (AvgIpc) is 2.76. The minimum absolute atomic E-state index is 0.640. The summed E-state index contributed by atoms with van der Waals surface area (Å²) in [5, 5.41) is 16.1. The van der Waals surface area contributed by atoms with Crippen LogP contribution in [0.5, 0.6) is 0 Å². The molecule has 0 bridgehead atoms. The maximum Gasteiger partial charge on any atom is 0.164 e. The number of hydrogen-bond donors (Lipinski definition) is 1. The van der Waals surface area contributed by atoms with E-state index >= 15 is 0 Å². The maximum absolute atomic E-state index is 8.67. The summed E-state index contributed by atoms with van der Waals surface area (Å²) in [6, 6.07) is 9.61. The van der Waals surface area contributed by atoms with Crippen molar-refractivity contribution in [2.75, 3.05) is 0 Å². The Bertz CT molecular complexity index is 521. The first-order valence-corrected chi connectivity index (χ1v) is 5.32. The van der Waals surface area contributed by atoms with Crippen molar-refractivity contribution in [3.05, 3.63) is 47.5 Å². The van der Waals surface area contributed by atoms with E-state index in [1.807, 2.05) is 31.3 Å². The van der Waals surface area contributed by atoms with E-state index < -0.39 is 0 Å². The second-order valence-electron chi connectivity index (χ2n) is 3.75. The fourth-order valence-corrected chi connectivity index (χ4v) is 1.48. The number of nitrogens with one attached hydrogen (secondary N) is 1. The van der Waals surface area contributed by atoms with Crippen molar-refractivity contribution in [1.29, 1.82) is 5.26 Å². The van der Waals surface area contributed by atoms with Crippen LogP contribution in [0.2, 0.25) is 0 Å². The zero-order valence-electron chi connectivity index (χ0n) is 9.59. The lowest BCUT2D eigenvalue weighted by Crippen LogP contribution is -2.13. The van der Waals surface area contributed by atoms with E-state index in [2.05, 4.69) is 21.5 Å². The lowest BCUT2D eigenvalue weighted by Gasteiger charge is -2.02. The molecule has 0 spiro atoms. The summed E-state index contributed by atoms with van der Waals surface area (Å²) < 4.78 is 1.68. The van der Waals surface area contributed by atoms with Gasteiger partial charge in [0, 0.05) is 13.6 Å². The molecule has 86 valence electrons. The minimum atomic E-state index is 0.640. The van der Waals surface area contributed by atoms with Crippen LogP contribution < -0.4 is 5.32 Å². The Hall–Kier alpha value is -2.19. The maximum atomic E-state index is 8.67. The molecular weight excluding hydrogens is 214 g/mol. The van der Waals surface area contributed by atoms with Crippen molar-refractivity contribution in [3.63, 3.8) is 0 Å². The molecule has 0 radical (unpaired) electrons. The van der Waals surface area contributed by atoms with Crippen LogP contribution >= 0.6 is 0 Å². The zero-order chi connectivity index (χ0) is 12.1. The van der Waals surface area contributed by atoms with Gasteiger partial charge in [-0.25, -0.2) is 4.98 Å². The largest absolute Gasteiger partial charge is 0.306 e. The van der Waals surface area contributed by atoms with E-state index in [1.165, 1.54) is 0 Å². The van der Waals surface area contributed by atoms with Crippen molar-refractivity contribution in [3.8, 4) is 6.07 Å². The van der Waals surface area contributed by atoms with Gasteiger partial charge in [-0.1, -0.05) is 12.1 Å². The number of nitriles is 1. The van der Waals surface area contributed by atoms with Gasteiger partial charge >= 0.3 is 0 Å². The topological polar surface area (TPSA) is 66.5 Å². The molecule has 0 amide bonds. The SMILES string of the molecule is Cn1cnc(CNCc2ccc(C#N)cc2)n1. The van der Waals surface area contributed by atoms with Crippen LogP contribution in [0, 0.1) is 11.3 Å². The monoisotopic (exact) mass is 227 g/mol. The predicted octanol–water partition coefficient (Wildman–Crippen LogP) is 0.977. The lowest BCUT2D eigenvalue weighted by molar-refractivity contribution is 0.649. The predicted molar refractivity (Wildman–Crippen MR) is 62.7 cm³/mol. The molecule has 0 saturated carbocycles. The van der Waals surface area contributed by atoms with E-state index in [9.17, 15) is 0 Å². The van der Waals surface area contributed by atoms with Crippen molar-refractivity contribution in [2.24, 2.45) is 7.05 Å². The van der Waals surface area contributed by atoms with Gasteiger partial charge in [-0.2, -0.15) is 10.4 Å². The van der Waals surface area contributed by atoms with Crippen LogP contribution in [0.3, 0.4) is 0 Å². The Balaban J connectivity index is 1.84. The van der Waals surface area contributed by atoms with E-state index in [4.69, 9.17) is 5.26 Å². The van der Waals surface area contributed by atoms with E-state index in [1.54, 1.807) is 11.0 Å². The van der Waals surface area contributed by atoms with Crippen molar-refractivity contribution in [1.82, 2.24) is 20.1 Å². The molecule has 5 heteroatoms. The second kappa shape index (κ2) is 5.23. The number of hydrogen-bond acceptors (Lipinski definition) is 4. The molecule has 5 nitrogen and oxygen atoms in total. The van der Waals surface area contributed by atoms with Gasteiger partial charge in [0.25, 0.3) is 0 Å². The normalized spacial score (nSPS) is 10.1. The van der Waals surface area contributed by atoms with Gasteiger partial charge in [-0.15, -0.1) is 0 Å². The molecule has 1 aromatic carbocycles. The van der Waals surface area contributed by atoms with Gasteiger partial charge in [0.15, 0.2) is 5.82 Å². The standard InChI is InChI=1S/C12H13N5/c1-17-9-15-12(16-17)8-14-7-11-4-2-10(6-13)3-5-11/h2-5,9,14H,7-8H2,1H3. The Morgan fingerprint density at radius 2 is 2.06 bits per heavy atom. The molecule has 1 N–H and O–H groups in total. The number of aromatic nitrogens is 3. The molecule has 0 aliphatic rings. The third kappa shape index (κ3) is 3.13. The van der Waals surface area contributed by atoms with Gasteiger partial charge in [-0.3, -0.25) is 4.68 Å². The molecule has 2 rings (SSSR count). The molecular formula is C12H13N5. The highest BCUT2D eigenvalue weighted by Gasteiger charge is 1.98. The highest BCUT2D eigenvalue weighted by molar-refractivity contribution is 5.31. The quantitative estimate of drug-likeness (QED) is 0.845. The number of benzene rings is 1. The summed E-state index contributed by atoms with van der Waals surface area (Å²) in [6.45, 7) is 1.38. The van der Waals surface area contributed by atoms with E-state index in [0.717, 1.165) is 17.9 Å². The summed E-state index contributed by atoms with van der Waals surface area (Å²) in [7, 11) is 1.84. The minimum Gasteiger partial charge on any atom is -0.306 e. The van der Waals surface area contributed by atoms with Gasteiger partial charge in [-0.05, 0) is 17.7 Å². The van der Waals surface area contributed by atoms with Crippen LogP contribution in [0.25, 0.3) is 0 Å². The van der Waals surface area contributed by atoms with Crippen LogP contribution in [0.1, 0.15) is 17.0 Å². The molecule has 0 aliphatic carbocycles. The summed E-state index contributed by atoms with van der Waals surface area (Å²) in [5.41, 5.74) is 1.82. The summed E-state index contributed by atoms with van der Waals surface area (Å²) >= 11 is 0. The van der Waals surface area contributed by atoms with Crippen LogP contribution in [0.15, 0.2) is 30.6 Å². The fraction of sp³-hybridized carbons (Fsp3) is 0.250. The van der Waals surface area contributed by atoms with Crippen molar-refractivity contribution in [2.45, 2.75) is 13.1 Å². The molecule has 0 unspecified atom stereocenters. The third-order valence-electron chi connectivity index (χ3n) is 2.34.